The molecule has 0 spiro atoms. The Bertz CT molecular complexity index is 306. The van der Waals surface area contributed by atoms with Crippen molar-refractivity contribution < 1.29 is 4.39 Å². The lowest BCUT2D eigenvalue weighted by Crippen LogP contribution is -2.17. The summed E-state index contributed by atoms with van der Waals surface area (Å²) in [5, 5.41) is 3.73. The Morgan fingerprint density at radius 3 is 2.73 bits per heavy atom. The zero-order valence-corrected chi connectivity index (χ0v) is 9.87. The second kappa shape index (κ2) is 5.69. The van der Waals surface area contributed by atoms with Crippen LogP contribution in [0.2, 0.25) is 5.02 Å². The van der Waals surface area contributed by atoms with Crippen LogP contribution in [0.5, 0.6) is 0 Å². The summed E-state index contributed by atoms with van der Waals surface area (Å²) in [6.07, 6.45) is 2.61. The topological polar surface area (TPSA) is 12.0 Å². The predicted octanol–water partition coefficient (Wildman–Crippen LogP) is 3.40. The third kappa shape index (κ3) is 3.63. The van der Waals surface area contributed by atoms with E-state index in [-0.39, 0.29) is 18.2 Å². The summed E-state index contributed by atoms with van der Waals surface area (Å²) in [6, 6.07) is 4.79. The van der Waals surface area contributed by atoms with E-state index in [1.807, 2.05) is 0 Å². The Morgan fingerprint density at radius 1 is 1.40 bits per heavy atom. The fraction of sp³-hybridized carbons (Fsp3) is 0.455. The van der Waals surface area contributed by atoms with E-state index in [0.29, 0.717) is 17.1 Å². The Labute approximate surface area is 100 Å². The molecule has 0 radical (unpaired) electrons. The molecule has 0 aliphatic heterocycles. The van der Waals surface area contributed by atoms with Crippen LogP contribution in [0.25, 0.3) is 0 Å². The Balaban J connectivity index is 0.00000112. The van der Waals surface area contributed by atoms with Crippen LogP contribution in [0.1, 0.15) is 18.4 Å². The largest absolute Gasteiger partial charge is 0.312 e. The summed E-state index contributed by atoms with van der Waals surface area (Å²) in [4.78, 5) is 0. The molecule has 1 saturated carbocycles. The minimum atomic E-state index is -0.221. The van der Waals surface area contributed by atoms with Gasteiger partial charge in [-0.05, 0) is 37.4 Å². The molecule has 0 unspecified atom stereocenters. The maximum absolute atomic E-state index is 13.3. The molecule has 0 aromatic heterocycles. The molecule has 1 aromatic rings. The van der Waals surface area contributed by atoms with Crippen LogP contribution >= 0.6 is 24.0 Å². The number of halogens is 3. The van der Waals surface area contributed by atoms with Crippen molar-refractivity contribution in [3.05, 3.63) is 34.6 Å². The lowest BCUT2D eigenvalue weighted by Gasteiger charge is -2.06. The molecule has 2 rings (SSSR count). The van der Waals surface area contributed by atoms with Gasteiger partial charge in [-0.25, -0.2) is 4.39 Å². The van der Waals surface area contributed by atoms with Gasteiger partial charge >= 0.3 is 0 Å². The second-order valence-electron chi connectivity index (χ2n) is 3.77. The summed E-state index contributed by atoms with van der Waals surface area (Å²) < 4.78 is 13.3. The van der Waals surface area contributed by atoms with E-state index >= 15 is 0 Å². The van der Waals surface area contributed by atoms with Crippen LogP contribution in [0.15, 0.2) is 18.2 Å². The predicted molar refractivity (Wildman–Crippen MR) is 63.1 cm³/mol. The van der Waals surface area contributed by atoms with Crippen molar-refractivity contribution in [2.24, 2.45) is 5.92 Å². The van der Waals surface area contributed by atoms with Crippen molar-refractivity contribution in [2.45, 2.75) is 19.4 Å². The Kier molecular flexibility index (Phi) is 4.84. The number of hydrogen-bond acceptors (Lipinski definition) is 1. The normalized spacial score (nSPS) is 14.8. The molecule has 0 amide bonds. The molecule has 1 nitrogen and oxygen atoms in total. The highest BCUT2D eigenvalue weighted by molar-refractivity contribution is 6.31. The standard InChI is InChI=1S/C11H13ClFN.ClH/c12-10-2-1-3-11(13)9(10)7-14-6-8-4-5-8;/h1-3,8,14H,4-7H2;1H. The number of rotatable bonds is 4. The molecule has 1 aliphatic rings. The minimum absolute atomic E-state index is 0. The van der Waals surface area contributed by atoms with Crippen LogP contribution in [0.3, 0.4) is 0 Å². The lowest BCUT2D eigenvalue weighted by atomic mass is 10.2. The summed E-state index contributed by atoms with van der Waals surface area (Å²) in [6.45, 7) is 1.51. The van der Waals surface area contributed by atoms with Crippen molar-refractivity contribution in [2.75, 3.05) is 6.54 Å². The third-order valence-electron chi connectivity index (χ3n) is 2.49. The van der Waals surface area contributed by atoms with Gasteiger partial charge in [0.15, 0.2) is 0 Å². The summed E-state index contributed by atoms with van der Waals surface area (Å²) in [5.41, 5.74) is 0.579. The third-order valence-corrected chi connectivity index (χ3v) is 2.85. The summed E-state index contributed by atoms with van der Waals surface area (Å²) in [7, 11) is 0. The SMILES string of the molecule is Cl.Fc1cccc(Cl)c1CNCC1CC1. The van der Waals surface area contributed by atoms with Crippen LogP contribution in [0.4, 0.5) is 4.39 Å². The monoisotopic (exact) mass is 249 g/mol. The summed E-state index contributed by atoms with van der Waals surface area (Å²) >= 11 is 5.88. The average molecular weight is 250 g/mol. The molecule has 15 heavy (non-hydrogen) atoms. The van der Waals surface area contributed by atoms with Gasteiger partial charge in [0.2, 0.25) is 0 Å². The average Bonchev–Trinajstić information content (AvgIpc) is 2.94. The van der Waals surface area contributed by atoms with E-state index in [0.717, 1.165) is 12.5 Å². The van der Waals surface area contributed by atoms with Crippen molar-refractivity contribution in [3.63, 3.8) is 0 Å². The first kappa shape index (κ1) is 12.8. The molecule has 4 heteroatoms. The van der Waals surface area contributed by atoms with E-state index in [2.05, 4.69) is 5.32 Å². The molecule has 0 saturated heterocycles. The van der Waals surface area contributed by atoms with Gasteiger partial charge in [-0.1, -0.05) is 17.7 Å². The molecule has 0 bridgehead atoms. The van der Waals surface area contributed by atoms with Gasteiger partial charge in [-0.15, -0.1) is 12.4 Å². The van der Waals surface area contributed by atoms with Crippen LogP contribution < -0.4 is 5.32 Å². The molecular formula is C11H14Cl2FN. The van der Waals surface area contributed by atoms with Crippen LogP contribution in [-0.2, 0) is 6.54 Å². The van der Waals surface area contributed by atoms with Crippen LogP contribution in [0, 0.1) is 11.7 Å². The van der Waals surface area contributed by atoms with Gasteiger partial charge < -0.3 is 5.32 Å². The smallest absolute Gasteiger partial charge is 0.129 e. The highest BCUT2D eigenvalue weighted by Crippen LogP contribution is 2.28. The van der Waals surface area contributed by atoms with Gasteiger partial charge in [0.1, 0.15) is 5.82 Å². The lowest BCUT2D eigenvalue weighted by molar-refractivity contribution is 0.578. The van der Waals surface area contributed by atoms with Crippen molar-refractivity contribution in [1.29, 1.82) is 0 Å². The maximum atomic E-state index is 13.3. The van der Waals surface area contributed by atoms with Gasteiger partial charge in [0.25, 0.3) is 0 Å². The van der Waals surface area contributed by atoms with E-state index < -0.39 is 0 Å². The summed E-state index contributed by atoms with van der Waals surface area (Å²) in [5.74, 6) is 0.585. The van der Waals surface area contributed by atoms with Gasteiger partial charge in [-0.3, -0.25) is 0 Å². The Hall–Kier alpha value is -0.310. The molecule has 1 aliphatic carbocycles. The van der Waals surface area contributed by atoms with Crippen LogP contribution in [-0.4, -0.2) is 6.54 Å². The highest BCUT2D eigenvalue weighted by atomic mass is 35.5. The number of nitrogens with one attached hydrogen (secondary N) is 1. The molecule has 1 N–H and O–H groups in total. The van der Waals surface area contributed by atoms with E-state index in [1.165, 1.54) is 18.9 Å². The Morgan fingerprint density at radius 2 is 2.13 bits per heavy atom. The minimum Gasteiger partial charge on any atom is -0.312 e. The first-order valence-electron chi connectivity index (χ1n) is 4.91. The van der Waals surface area contributed by atoms with E-state index in [4.69, 9.17) is 11.6 Å². The quantitative estimate of drug-likeness (QED) is 0.863. The van der Waals surface area contributed by atoms with Crippen molar-refractivity contribution in [3.8, 4) is 0 Å². The zero-order valence-electron chi connectivity index (χ0n) is 8.30. The van der Waals surface area contributed by atoms with E-state index in [1.54, 1.807) is 12.1 Å². The van der Waals surface area contributed by atoms with Gasteiger partial charge in [0.05, 0.1) is 0 Å². The number of benzene rings is 1. The fourth-order valence-electron chi connectivity index (χ4n) is 1.42. The molecule has 84 valence electrons. The van der Waals surface area contributed by atoms with Gasteiger partial charge in [-0.2, -0.15) is 0 Å². The molecule has 0 atom stereocenters. The highest BCUT2D eigenvalue weighted by Gasteiger charge is 2.20. The molecule has 0 heterocycles. The molecule has 1 aromatic carbocycles. The first-order chi connectivity index (χ1) is 6.77. The zero-order chi connectivity index (χ0) is 9.97. The van der Waals surface area contributed by atoms with Gasteiger partial charge in [0, 0.05) is 17.1 Å². The fourth-order valence-corrected chi connectivity index (χ4v) is 1.65. The first-order valence-corrected chi connectivity index (χ1v) is 5.29. The molecular weight excluding hydrogens is 236 g/mol. The van der Waals surface area contributed by atoms with Crippen molar-refractivity contribution in [1.82, 2.24) is 5.32 Å². The van der Waals surface area contributed by atoms with Crippen molar-refractivity contribution >= 4 is 24.0 Å². The van der Waals surface area contributed by atoms with E-state index in [9.17, 15) is 4.39 Å². The molecule has 1 fully saturated rings. The maximum Gasteiger partial charge on any atom is 0.129 e. The second-order valence-corrected chi connectivity index (χ2v) is 4.18. The number of hydrogen-bond donors (Lipinski definition) is 1.